The van der Waals surface area contributed by atoms with E-state index in [2.05, 4.69) is 11.8 Å². The van der Waals surface area contributed by atoms with Gasteiger partial charge in [0.1, 0.15) is 11.5 Å². The summed E-state index contributed by atoms with van der Waals surface area (Å²) in [5.41, 5.74) is 0.743. The molecular weight excluding hydrogens is 388 g/mol. The summed E-state index contributed by atoms with van der Waals surface area (Å²) in [6.45, 7) is 9.32. The second-order valence-electron chi connectivity index (χ2n) is 7.06. The largest absolute Gasteiger partial charge is 0.507 e. The highest BCUT2D eigenvalue weighted by molar-refractivity contribution is 8.24. The van der Waals surface area contributed by atoms with Crippen molar-refractivity contribution in [3.8, 4) is 17.6 Å². The average molecular weight is 417 g/mol. The van der Waals surface area contributed by atoms with Crippen LogP contribution in [-0.2, 0) is 6.42 Å². The number of benzene rings is 1. The predicted octanol–water partition coefficient (Wildman–Crippen LogP) is 7.37. The summed E-state index contributed by atoms with van der Waals surface area (Å²) in [6, 6.07) is 3.50. The zero-order valence-electron chi connectivity index (χ0n) is 16.5. The zero-order valence-corrected chi connectivity index (χ0v) is 18.1. The van der Waals surface area contributed by atoms with E-state index in [0.717, 1.165) is 24.8 Å². The summed E-state index contributed by atoms with van der Waals surface area (Å²) >= 11 is 2.39. The highest BCUT2D eigenvalue weighted by Gasteiger charge is 2.28. The lowest BCUT2D eigenvalue weighted by atomic mass is 10.0. The first kappa shape index (κ1) is 22.5. The van der Waals surface area contributed by atoms with Crippen LogP contribution < -0.4 is 0 Å². The Hall–Kier alpha value is -1.76. The highest BCUT2D eigenvalue weighted by Crippen LogP contribution is 2.59. The second-order valence-corrected chi connectivity index (χ2v) is 9.36. The van der Waals surface area contributed by atoms with Crippen molar-refractivity contribution >= 4 is 23.5 Å². The third-order valence-corrected chi connectivity index (χ3v) is 7.47. The minimum atomic E-state index is 0.00115. The van der Waals surface area contributed by atoms with Gasteiger partial charge in [0.05, 0.1) is 26.7 Å². The number of phenols is 2. The van der Waals surface area contributed by atoms with Crippen molar-refractivity contribution in [2.24, 2.45) is 0 Å². The number of thioether (sulfide) groups is 2. The molecule has 2 rings (SSSR count). The number of rotatable bonds is 11. The molecule has 1 heterocycles. The summed E-state index contributed by atoms with van der Waals surface area (Å²) < 4.78 is 0.522. The number of unbranched alkanes of at least 4 members (excludes halogenated alkanes) is 9. The Morgan fingerprint density at radius 2 is 1.57 bits per heavy atom. The first-order valence-electron chi connectivity index (χ1n) is 10.1. The fourth-order valence-corrected chi connectivity index (χ4v) is 5.72. The number of fused-ring (bicyclic) bond motifs is 1. The molecule has 0 spiro atoms. The van der Waals surface area contributed by atoms with Gasteiger partial charge < -0.3 is 10.2 Å². The van der Waals surface area contributed by atoms with Crippen LogP contribution in [0.3, 0.4) is 0 Å². The van der Waals surface area contributed by atoms with Crippen LogP contribution in [0.25, 0.3) is 4.85 Å². The summed E-state index contributed by atoms with van der Waals surface area (Å²) in [5, 5.41) is 30.0. The summed E-state index contributed by atoms with van der Waals surface area (Å²) in [6.07, 6.45) is 13.3. The normalized spacial score (nSPS) is 14.4. The average Bonchev–Trinajstić information content (AvgIpc) is 3.14. The van der Waals surface area contributed by atoms with E-state index in [0.29, 0.717) is 14.0 Å². The van der Waals surface area contributed by atoms with E-state index in [4.69, 9.17) is 11.8 Å². The number of nitrogens with zero attached hydrogens (tertiary/aromatic N) is 2. The molecule has 2 N–H and O–H groups in total. The molecule has 1 aliphatic heterocycles. The molecule has 0 saturated carbocycles. The van der Waals surface area contributed by atoms with Crippen molar-refractivity contribution in [3.63, 3.8) is 0 Å². The number of allylic oxidation sites excluding steroid dienone is 1. The molecule has 0 amide bonds. The molecule has 0 aliphatic carbocycles. The zero-order chi connectivity index (χ0) is 20.4. The van der Waals surface area contributed by atoms with Crippen molar-refractivity contribution in [3.05, 3.63) is 33.0 Å². The lowest BCUT2D eigenvalue weighted by molar-refractivity contribution is 0.428. The fraction of sp³-hybridized carbons (Fsp3) is 0.545. The molecule has 1 aliphatic rings. The molecule has 0 aromatic heterocycles. The smallest absolute Gasteiger partial charge is 0.282 e. The Morgan fingerprint density at radius 3 is 2.14 bits per heavy atom. The van der Waals surface area contributed by atoms with E-state index in [-0.39, 0.29) is 17.2 Å². The van der Waals surface area contributed by atoms with Crippen molar-refractivity contribution < 1.29 is 10.2 Å². The molecule has 4 nitrogen and oxygen atoms in total. The number of hydrogen-bond acceptors (Lipinski definition) is 5. The molecule has 0 fully saturated rings. The van der Waals surface area contributed by atoms with Gasteiger partial charge in [0, 0.05) is 0 Å². The van der Waals surface area contributed by atoms with Crippen LogP contribution in [0, 0.1) is 17.9 Å². The summed E-state index contributed by atoms with van der Waals surface area (Å²) in [5.74, 6) is 0.295. The van der Waals surface area contributed by atoms with Crippen molar-refractivity contribution in [2.45, 2.75) is 87.3 Å². The number of aryl methyl sites for hydroxylation is 1. The quantitative estimate of drug-likeness (QED) is 0.170. The SMILES string of the molecule is [C-]#[N+]/C(C#N)=C1\Sc2c(O)cc(CCCCCCCCCCCC)c(O)c2S1. The van der Waals surface area contributed by atoms with E-state index in [1.54, 1.807) is 6.07 Å². The fourth-order valence-electron chi connectivity index (χ4n) is 3.27. The van der Waals surface area contributed by atoms with Crippen LogP contribution in [0.4, 0.5) is 0 Å². The molecule has 1 aromatic rings. The lowest BCUT2D eigenvalue weighted by Crippen LogP contribution is -1.90. The van der Waals surface area contributed by atoms with E-state index < -0.39 is 0 Å². The van der Waals surface area contributed by atoms with E-state index in [9.17, 15) is 10.2 Å². The molecule has 0 atom stereocenters. The first-order valence-corrected chi connectivity index (χ1v) is 11.7. The molecule has 0 saturated heterocycles. The molecule has 0 bridgehead atoms. The number of hydrogen-bond donors (Lipinski definition) is 2. The van der Waals surface area contributed by atoms with E-state index >= 15 is 0 Å². The molecule has 28 heavy (non-hydrogen) atoms. The standard InChI is InChI=1S/C22H28N2O2S2/c1-3-4-5-6-7-8-9-10-11-12-13-16-14-18(25)20-21(19(16)26)28-22(27-20)17(15-23)24-2/h14,25-26H,3-13H2,1H3/b22-17+. The molecule has 0 unspecified atom stereocenters. The van der Waals surface area contributed by atoms with Gasteiger partial charge in [0.15, 0.2) is 0 Å². The van der Waals surface area contributed by atoms with Crippen LogP contribution in [0.2, 0.25) is 0 Å². The van der Waals surface area contributed by atoms with Gasteiger partial charge >= 0.3 is 0 Å². The van der Waals surface area contributed by atoms with Crippen LogP contribution in [0.1, 0.15) is 76.7 Å². The number of aromatic hydroxyl groups is 2. The van der Waals surface area contributed by atoms with E-state index in [1.165, 1.54) is 74.9 Å². The van der Waals surface area contributed by atoms with Crippen molar-refractivity contribution in [1.29, 1.82) is 5.26 Å². The Labute approximate surface area is 176 Å². The maximum Gasteiger partial charge on any atom is 0.282 e. The Kier molecular flexibility index (Phi) is 9.61. The third kappa shape index (κ3) is 6.12. The van der Waals surface area contributed by atoms with Crippen LogP contribution in [-0.4, -0.2) is 10.2 Å². The molecule has 0 radical (unpaired) electrons. The second kappa shape index (κ2) is 11.9. The minimum Gasteiger partial charge on any atom is -0.507 e. The molecule has 6 heteroatoms. The molecule has 150 valence electrons. The molecule has 1 aromatic carbocycles. The molecular formula is C22H28N2O2S2. The first-order chi connectivity index (χ1) is 13.6. The van der Waals surface area contributed by atoms with Crippen molar-refractivity contribution in [1.82, 2.24) is 0 Å². The topological polar surface area (TPSA) is 68.6 Å². The van der Waals surface area contributed by atoms with Gasteiger partial charge in [-0.3, -0.25) is 0 Å². The Bertz CT molecular complexity index is 775. The maximum atomic E-state index is 10.6. The van der Waals surface area contributed by atoms with Gasteiger partial charge in [-0.25, -0.2) is 10.1 Å². The van der Waals surface area contributed by atoms with Gasteiger partial charge in [0.2, 0.25) is 0 Å². The van der Waals surface area contributed by atoms with Gasteiger partial charge in [-0.1, -0.05) is 88.2 Å². The van der Waals surface area contributed by atoms with E-state index in [1.807, 2.05) is 6.07 Å². The maximum absolute atomic E-state index is 10.6. The Morgan fingerprint density at radius 1 is 1.00 bits per heavy atom. The third-order valence-electron chi connectivity index (χ3n) is 4.87. The van der Waals surface area contributed by atoms with Crippen LogP contribution >= 0.6 is 23.5 Å². The van der Waals surface area contributed by atoms with Crippen LogP contribution in [0.15, 0.2) is 25.8 Å². The monoisotopic (exact) mass is 416 g/mol. The predicted molar refractivity (Wildman–Crippen MR) is 116 cm³/mol. The van der Waals surface area contributed by atoms with Crippen LogP contribution in [0.5, 0.6) is 11.5 Å². The van der Waals surface area contributed by atoms with Gasteiger partial charge in [-0.2, -0.15) is 0 Å². The number of nitriles is 1. The lowest BCUT2D eigenvalue weighted by Gasteiger charge is -2.10. The van der Waals surface area contributed by atoms with Gasteiger partial charge in [0.25, 0.3) is 5.70 Å². The summed E-state index contributed by atoms with van der Waals surface area (Å²) in [7, 11) is 0. The van der Waals surface area contributed by atoms with Gasteiger partial charge in [-0.05, 0) is 24.5 Å². The van der Waals surface area contributed by atoms with Crippen molar-refractivity contribution in [2.75, 3.05) is 0 Å². The number of phenolic OH excluding ortho intramolecular Hbond substituents is 2. The minimum absolute atomic E-state index is 0.00115. The highest BCUT2D eigenvalue weighted by atomic mass is 32.2. The Balaban J connectivity index is 1.82. The summed E-state index contributed by atoms with van der Waals surface area (Å²) in [4.78, 5) is 4.33. The van der Waals surface area contributed by atoms with Gasteiger partial charge in [-0.15, -0.1) is 0 Å².